The Labute approximate surface area is 402 Å². The van der Waals surface area contributed by atoms with E-state index in [9.17, 15) is 15.8 Å². The summed E-state index contributed by atoms with van der Waals surface area (Å²) in [6, 6.07) is 76.5. The van der Waals surface area contributed by atoms with Gasteiger partial charge in [0, 0.05) is 55.1 Å². The normalized spacial score (nSPS) is 14.7. The molecule has 0 N–H and O–H groups in total. The van der Waals surface area contributed by atoms with Crippen LogP contribution in [-0.4, -0.2) is 19.7 Å². The first-order valence-electron chi connectivity index (χ1n) is 23.5. The predicted octanol–water partition coefficient (Wildman–Crippen LogP) is 14.8. The summed E-state index contributed by atoms with van der Waals surface area (Å²) in [7, 11) is 0. The topological polar surface area (TPSA) is 89.4 Å². The molecule has 12 aromatic rings. The van der Waals surface area contributed by atoms with Gasteiger partial charge in [-0.2, -0.15) is 15.8 Å². The first kappa shape index (κ1) is 39.3. The van der Waals surface area contributed by atoms with E-state index in [0.717, 1.165) is 77.1 Å². The largest absolute Gasteiger partial charge is 0.333 e. The quantitative estimate of drug-likeness (QED) is 0.172. The third-order valence-electron chi connectivity index (χ3n) is 14.7. The number of rotatable bonds is 5. The van der Waals surface area contributed by atoms with E-state index in [1.54, 1.807) is 12.1 Å². The van der Waals surface area contributed by atoms with E-state index in [0.29, 0.717) is 44.9 Å². The first-order chi connectivity index (χ1) is 34.7. The Hall–Kier alpha value is -9.87. The highest BCUT2D eigenvalue weighted by atomic mass is 15.2. The van der Waals surface area contributed by atoms with Gasteiger partial charge in [-0.15, -0.1) is 0 Å². The smallest absolute Gasteiger partial charge is 0.102 e. The average Bonchev–Trinajstić information content (AvgIpc) is 4.15. The molecule has 2 unspecified atom stereocenters. The Morgan fingerprint density at radius 3 is 1.37 bits per heavy atom. The second kappa shape index (κ2) is 15.1. The number of para-hydroxylation sites is 7. The molecular formula is C63H37N7. The highest BCUT2D eigenvalue weighted by Crippen LogP contribution is 2.56. The third kappa shape index (κ3) is 5.30. The van der Waals surface area contributed by atoms with Crippen LogP contribution in [0.4, 0.5) is 11.4 Å². The van der Waals surface area contributed by atoms with Gasteiger partial charge < -0.3 is 18.6 Å². The molecule has 0 amide bonds. The number of hydrogen-bond donors (Lipinski definition) is 0. The Balaban J connectivity index is 1.26. The Morgan fingerprint density at radius 1 is 0.400 bits per heavy atom. The highest BCUT2D eigenvalue weighted by molar-refractivity contribution is 6.13. The van der Waals surface area contributed by atoms with E-state index < -0.39 is 0 Å². The number of nitrogens with zero attached hydrogens (tertiary/aromatic N) is 7. The number of nitriles is 3. The maximum absolute atomic E-state index is 12.1. The molecule has 2 atom stereocenters. The molecular weight excluding hydrogens is 855 g/mol. The summed E-state index contributed by atoms with van der Waals surface area (Å²) in [5.74, 6) is -0.171. The van der Waals surface area contributed by atoms with Crippen LogP contribution in [0.5, 0.6) is 0 Å². The average molecular weight is 892 g/mol. The van der Waals surface area contributed by atoms with Crippen LogP contribution in [0.1, 0.15) is 39.4 Å². The fourth-order valence-corrected chi connectivity index (χ4v) is 12.0. The van der Waals surface area contributed by atoms with Crippen molar-refractivity contribution in [2.24, 2.45) is 0 Å². The lowest BCUT2D eigenvalue weighted by Crippen LogP contribution is -2.31. The molecule has 1 aliphatic heterocycles. The van der Waals surface area contributed by atoms with E-state index in [2.05, 4.69) is 225 Å². The summed E-state index contributed by atoms with van der Waals surface area (Å²) >= 11 is 0. The van der Waals surface area contributed by atoms with Crippen molar-refractivity contribution in [3.05, 3.63) is 240 Å². The lowest BCUT2D eigenvalue weighted by molar-refractivity contribution is 0.691. The second-order valence-electron chi connectivity index (χ2n) is 18.1. The van der Waals surface area contributed by atoms with E-state index >= 15 is 0 Å². The summed E-state index contributed by atoms with van der Waals surface area (Å²) in [5.41, 5.74) is 14.6. The Morgan fingerprint density at radius 2 is 0.857 bits per heavy atom. The minimum Gasteiger partial charge on any atom is -0.333 e. The van der Waals surface area contributed by atoms with Crippen molar-refractivity contribution in [2.45, 2.75) is 12.0 Å². The van der Waals surface area contributed by atoms with Crippen LogP contribution < -0.4 is 4.90 Å². The van der Waals surface area contributed by atoms with Crippen molar-refractivity contribution >= 4 is 72.0 Å². The van der Waals surface area contributed by atoms with Gasteiger partial charge in [0.2, 0.25) is 0 Å². The van der Waals surface area contributed by atoms with Gasteiger partial charge in [0.15, 0.2) is 0 Å². The van der Waals surface area contributed by atoms with Crippen molar-refractivity contribution in [1.82, 2.24) is 13.7 Å². The van der Waals surface area contributed by atoms with Gasteiger partial charge in [0.05, 0.1) is 79.4 Å². The molecule has 3 aromatic heterocycles. The summed E-state index contributed by atoms with van der Waals surface area (Å²) in [6.07, 6.45) is 4.65. The van der Waals surface area contributed by atoms with Gasteiger partial charge in [0.1, 0.15) is 12.1 Å². The van der Waals surface area contributed by atoms with Crippen LogP contribution in [0, 0.1) is 34.0 Å². The molecule has 7 heteroatoms. The number of anilines is 2. The molecule has 4 heterocycles. The maximum atomic E-state index is 12.1. The van der Waals surface area contributed by atoms with Crippen molar-refractivity contribution in [3.63, 3.8) is 0 Å². The standard InChI is InChI=1S/C63H37N7/c64-36-39-30-32-40(33-31-39)58-49(37-65)61(68-51-24-10-4-18-42(51)43-19-5-11-25-52(43)68)63(62(50(58)38-66)69-53-26-12-6-20-44(53)45-21-7-13-27-54(45)69)70-55-28-14-8-22-46(55)47-34-35-57-59(60(47)70)48-23-9-15-29-56(48)67(57)41-16-2-1-3-17-41/h1-35,57,59H. The van der Waals surface area contributed by atoms with Gasteiger partial charge >= 0.3 is 0 Å². The van der Waals surface area contributed by atoms with E-state index in [4.69, 9.17) is 0 Å². The molecule has 324 valence electrons. The van der Waals surface area contributed by atoms with Crippen LogP contribution in [-0.2, 0) is 0 Å². The number of hydrogen-bond acceptors (Lipinski definition) is 4. The van der Waals surface area contributed by atoms with Gasteiger partial charge in [0.25, 0.3) is 0 Å². The van der Waals surface area contributed by atoms with Crippen LogP contribution in [0.15, 0.2) is 206 Å². The maximum Gasteiger partial charge on any atom is 0.102 e. The van der Waals surface area contributed by atoms with Crippen molar-refractivity contribution in [3.8, 4) is 46.4 Å². The molecule has 7 nitrogen and oxygen atoms in total. The minimum atomic E-state index is -0.171. The number of fused-ring (bicyclic) bond motifs is 13. The lowest BCUT2D eigenvalue weighted by Gasteiger charge is -2.33. The van der Waals surface area contributed by atoms with E-state index in [1.807, 2.05) is 12.1 Å². The Bertz CT molecular complexity index is 4090. The van der Waals surface area contributed by atoms with Crippen LogP contribution in [0.2, 0.25) is 0 Å². The van der Waals surface area contributed by atoms with Gasteiger partial charge in [-0.3, -0.25) is 0 Å². The minimum absolute atomic E-state index is 0.104. The molecule has 0 spiro atoms. The molecule has 70 heavy (non-hydrogen) atoms. The SMILES string of the molecule is N#Cc1ccc(-c2c(C#N)c(-n3c4ccccc4c4ccccc43)c(-n3c4c(c5ccccc53)C=CC3C4c4ccccc4N3c3ccccc3)c(-n3c4ccccc4c4ccccc43)c2C#N)cc1. The Kier molecular flexibility index (Phi) is 8.47. The molecule has 0 fully saturated rings. The highest BCUT2D eigenvalue weighted by Gasteiger charge is 2.45. The van der Waals surface area contributed by atoms with Crippen LogP contribution in [0.3, 0.4) is 0 Å². The fraction of sp³-hybridized carbons (Fsp3) is 0.0317. The summed E-state index contributed by atoms with van der Waals surface area (Å²) in [6.45, 7) is 0. The van der Waals surface area contributed by atoms with Gasteiger partial charge in [-0.25, -0.2) is 0 Å². The van der Waals surface area contributed by atoms with E-state index in [-0.39, 0.29) is 12.0 Å². The molecule has 0 radical (unpaired) electrons. The molecule has 0 bridgehead atoms. The van der Waals surface area contributed by atoms with Gasteiger partial charge in [-0.1, -0.05) is 152 Å². The third-order valence-corrected chi connectivity index (χ3v) is 14.7. The monoisotopic (exact) mass is 891 g/mol. The molecule has 14 rings (SSSR count). The lowest BCUT2D eigenvalue weighted by atomic mass is 9.84. The number of aromatic nitrogens is 3. The van der Waals surface area contributed by atoms with Gasteiger partial charge in [-0.05, 0) is 71.8 Å². The van der Waals surface area contributed by atoms with E-state index in [1.165, 1.54) is 5.56 Å². The zero-order valence-corrected chi connectivity index (χ0v) is 37.5. The number of benzene rings is 9. The van der Waals surface area contributed by atoms with Crippen LogP contribution in [0.25, 0.3) is 88.8 Å². The fourth-order valence-electron chi connectivity index (χ4n) is 12.0. The second-order valence-corrected chi connectivity index (χ2v) is 18.1. The first-order valence-corrected chi connectivity index (χ1v) is 23.5. The molecule has 0 saturated carbocycles. The zero-order chi connectivity index (χ0) is 46.6. The van der Waals surface area contributed by atoms with Crippen molar-refractivity contribution in [2.75, 3.05) is 4.90 Å². The van der Waals surface area contributed by atoms with Crippen molar-refractivity contribution in [1.29, 1.82) is 15.8 Å². The molecule has 9 aromatic carbocycles. The van der Waals surface area contributed by atoms with Crippen molar-refractivity contribution < 1.29 is 0 Å². The zero-order valence-electron chi connectivity index (χ0n) is 37.5. The summed E-state index contributed by atoms with van der Waals surface area (Å²) in [5, 5.41) is 39.5. The summed E-state index contributed by atoms with van der Waals surface area (Å²) < 4.78 is 6.94. The van der Waals surface area contributed by atoms with Crippen LogP contribution >= 0.6 is 0 Å². The molecule has 2 aliphatic rings. The predicted molar refractivity (Wildman–Crippen MR) is 281 cm³/mol. The molecule has 0 saturated heterocycles. The molecule has 1 aliphatic carbocycles. The summed E-state index contributed by atoms with van der Waals surface area (Å²) in [4.78, 5) is 2.46.